The van der Waals surface area contributed by atoms with E-state index in [1.807, 2.05) is 54.6 Å². The monoisotopic (exact) mass is 704 g/mol. The van der Waals surface area contributed by atoms with E-state index in [2.05, 4.69) is 27.5 Å². The van der Waals surface area contributed by atoms with Crippen molar-refractivity contribution < 1.29 is 18.7 Å². The molecule has 0 aliphatic carbocycles. The Morgan fingerprint density at radius 3 is 2.24 bits per heavy atom. The smallest absolute Gasteiger partial charge is 0.242 e. The first kappa shape index (κ1) is 36.3. The second-order valence-electron chi connectivity index (χ2n) is 12.5. The van der Waals surface area contributed by atoms with Crippen LogP contribution in [0.1, 0.15) is 36.0 Å². The highest BCUT2D eigenvalue weighted by Crippen LogP contribution is 2.28. The van der Waals surface area contributed by atoms with Crippen LogP contribution >= 0.6 is 23.2 Å². The maximum absolute atomic E-state index is 15.2. The first-order valence-corrected chi connectivity index (χ1v) is 17.4. The lowest BCUT2D eigenvalue weighted by Crippen LogP contribution is -2.49. The number of nitrogens with zero attached hydrogens (tertiary/aromatic N) is 2. The summed E-state index contributed by atoms with van der Waals surface area (Å²) in [6.07, 6.45) is 1.07. The predicted molar refractivity (Wildman–Crippen MR) is 195 cm³/mol. The van der Waals surface area contributed by atoms with Gasteiger partial charge in [-0.05, 0) is 74.0 Å². The lowest BCUT2D eigenvalue weighted by molar-refractivity contribution is -0.129. The molecule has 5 rings (SSSR count). The molecule has 2 atom stereocenters. The van der Waals surface area contributed by atoms with Crippen molar-refractivity contribution in [2.24, 2.45) is 0 Å². The third-order valence-corrected chi connectivity index (χ3v) is 9.67. The maximum atomic E-state index is 15.2. The molecular formula is C39H43Cl2FN4O3. The Labute approximate surface area is 298 Å². The van der Waals surface area contributed by atoms with Crippen molar-refractivity contribution in [3.05, 3.63) is 124 Å². The molecule has 1 fully saturated rings. The number of hydrogen-bond acceptors (Lipinski definition) is 5. The van der Waals surface area contributed by atoms with Crippen LogP contribution in [0.2, 0.25) is 10.0 Å². The zero-order valence-corrected chi connectivity index (χ0v) is 29.4. The summed E-state index contributed by atoms with van der Waals surface area (Å²) in [6, 6.07) is 26.0. The lowest BCUT2D eigenvalue weighted by atomic mass is 9.95. The number of amides is 2. The Hall–Kier alpha value is -3.95. The third-order valence-electron chi connectivity index (χ3n) is 8.96. The summed E-state index contributed by atoms with van der Waals surface area (Å²) in [5, 5.41) is 7.04. The van der Waals surface area contributed by atoms with Gasteiger partial charge in [-0.2, -0.15) is 0 Å². The van der Waals surface area contributed by atoms with Gasteiger partial charge in [-0.15, -0.1) is 0 Å². The molecule has 0 radical (unpaired) electrons. The first-order chi connectivity index (χ1) is 23.7. The number of carbonyl (C=O) groups is 2. The molecule has 1 saturated heterocycles. The van der Waals surface area contributed by atoms with Gasteiger partial charge >= 0.3 is 0 Å². The van der Waals surface area contributed by atoms with Crippen LogP contribution in [-0.4, -0.2) is 74.0 Å². The van der Waals surface area contributed by atoms with E-state index in [0.717, 1.165) is 50.3 Å². The average molecular weight is 706 g/mol. The largest absolute Gasteiger partial charge is 0.489 e. The Kier molecular flexibility index (Phi) is 13.1. The van der Waals surface area contributed by atoms with Gasteiger partial charge in [0, 0.05) is 60.3 Å². The van der Waals surface area contributed by atoms with Crippen molar-refractivity contribution in [2.75, 3.05) is 46.3 Å². The zero-order chi connectivity index (χ0) is 34.8. The average Bonchev–Trinajstić information content (AvgIpc) is 3.11. The molecule has 4 aromatic rings. The number of piperazine rings is 1. The first-order valence-electron chi connectivity index (χ1n) is 16.7. The fourth-order valence-electron chi connectivity index (χ4n) is 5.80. The van der Waals surface area contributed by atoms with Crippen LogP contribution in [0.5, 0.6) is 5.75 Å². The topological polar surface area (TPSA) is 73.9 Å². The Morgan fingerprint density at radius 2 is 1.57 bits per heavy atom. The minimum atomic E-state index is -0.833. The van der Waals surface area contributed by atoms with E-state index >= 15 is 4.39 Å². The molecule has 0 spiro atoms. The quantitative estimate of drug-likeness (QED) is 0.139. The van der Waals surface area contributed by atoms with Gasteiger partial charge in [-0.3, -0.25) is 9.59 Å². The number of carbonyl (C=O) groups excluding carboxylic acids is 2. The van der Waals surface area contributed by atoms with E-state index in [1.165, 1.54) is 6.07 Å². The van der Waals surface area contributed by atoms with Gasteiger partial charge in [0.05, 0.1) is 5.92 Å². The van der Waals surface area contributed by atoms with Crippen molar-refractivity contribution in [1.82, 2.24) is 20.4 Å². The van der Waals surface area contributed by atoms with Crippen molar-refractivity contribution in [3.63, 3.8) is 0 Å². The molecule has 258 valence electrons. The molecule has 0 aromatic heterocycles. The number of nitrogens with one attached hydrogen (secondary N) is 2. The standard InChI is InChI=1S/C39H43Cl2FN4O3/c1-27(30-14-17-32(36(42)25-30)29-8-4-3-5-9-29)38(47)44-37(39(48)43-18-7-19-46-22-20-45(2)21-23-46)24-28-12-15-31(16-13-28)49-26-33-34(40)10-6-11-35(33)41/h3-6,8-17,25,27,37H,7,18-24,26H2,1-2H3,(H,43,48)(H,44,47)/t27?,37-/m0/s1. The number of hydrogen-bond donors (Lipinski definition) is 2. The van der Waals surface area contributed by atoms with E-state index in [4.69, 9.17) is 27.9 Å². The molecule has 0 bridgehead atoms. The summed E-state index contributed by atoms with van der Waals surface area (Å²) < 4.78 is 21.1. The molecule has 0 saturated carbocycles. The molecule has 7 nitrogen and oxygen atoms in total. The number of ether oxygens (including phenoxy) is 1. The van der Waals surface area contributed by atoms with Gasteiger partial charge in [0.25, 0.3) is 0 Å². The van der Waals surface area contributed by atoms with Crippen LogP contribution in [0.3, 0.4) is 0 Å². The van der Waals surface area contributed by atoms with Crippen molar-refractivity contribution in [1.29, 1.82) is 0 Å². The van der Waals surface area contributed by atoms with Crippen molar-refractivity contribution >= 4 is 35.0 Å². The molecule has 2 amide bonds. The highest BCUT2D eigenvalue weighted by Gasteiger charge is 2.25. The number of halogens is 3. The number of benzene rings is 4. The van der Waals surface area contributed by atoms with E-state index in [0.29, 0.717) is 39.0 Å². The van der Waals surface area contributed by atoms with Crippen LogP contribution in [0, 0.1) is 5.82 Å². The summed E-state index contributed by atoms with van der Waals surface area (Å²) in [7, 11) is 2.13. The summed E-state index contributed by atoms with van der Waals surface area (Å²) >= 11 is 12.6. The summed E-state index contributed by atoms with van der Waals surface area (Å²) in [4.78, 5) is 31.8. The number of likely N-dealkylation sites (N-methyl/N-ethyl adjacent to an activating group) is 1. The summed E-state index contributed by atoms with van der Waals surface area (Å²) in [5.41, 5.74) is 3.30. The highest BCUT2D eigenvalue weighted by atomic mass is 35.5. The minimum absolute atomic E-state index is 0.206. The van der Waals surface area contributed by atoms with Crippen LogP contribution in [0.25, 0.3) is 11.1 Å². The third kappa shape index (κ3) is 10.3. The van der Waals surface area contributed by atoms with Gasteiger partial charge in [0.1, 0.15) is 24.2 Å². The predicted octanol–water partition coefficient (Wildman–Crippen LogP) is 6.96. The fourth-order valence-corrected chi connectivity index (χ4v) is 6.31. The van der Waals surface area contributed by atoms with Crippen LogP contribution in [-0.2, 0) is 22.6 Å². The molecule has 49 heavy (non-hydrogen) atoms. The van der Waals surface area contributed by atoms with Gasteiger partial charge in [-0.25, -0.2) is 4.39 Å². The molecule has 4 aromatic carbocycles. The van der Waals surface area contributed by atoms with E-state index in [1.54, 1.807) is 37.3 Å². The maximum Gasteiger partial charge on any atom is 0.242 e. The Morgan fingerprint density at radius 1 is 0.878 bits per heavy atom. The lowest BCUT2D eigenvalue weighted by Gasteiger charge is -2.32. The number of rotatable bonds is 14. The molecule has 1 unspecified atom stereocenters. The molecular weight excluding hydrogens is 662 g/mol. The summed E-state index contributed by atoms with van der Waals surface area (Å²) in [6.45, 7) is 7.42. The molecule has 2 N–H and O–H groups in total. The molecule has 1 aliphatic heterocycles. The minimum Gasteiger partial charge on any atom is -0.489 e. The van der Waals surface area contributed by atoms with Crippen LogP contribution in [0.15, 0.2) is 91.0 Å². The van der Waals surface area contributed by atoms with Gasteiger partial charge in [0.15, 0.2) is 0 Å². The second-order valence-corrected chi connectivity index (χ2v) is 13.3. The van der Waals surface area contributed by atoms with Gasteiger partial charge in [-0.1, -0.05) is 83.9 Å². The van der Waals surface area contributed by atoms with E-state index in [-0.39, 0.29) is 24.8 Å². The van der Waals surface area contributed by atoms with E-state index in [9.17, 15) is 9.59 Å². The Bertz CT molecular complexity index is 1680. The SMILES string of the molecule is CC(C(=O)N[C@@H](Cc1ccc(OCc2c(Cl)cccc2Cl)cc1)C(=O)NCCCN1CCN(C)CC1)c1ccc(-c2ccccc2)c(F)c1. The fraction of sp³-hybridized carbons (Fsp3) is 0.333. The van der Waals surface area contributed by atoms with Gasteiger partial charge < -0.3 is 25.2 Å². The molecule has 1 aliphatic rings. The molecule has 1 heterocycles. The molecule has 10 heteroatoms. The Balaban J connectivity index is 1.23. The summed E-state index contributed by atoms with van der Waals surface area (Å²) in [5.74, 6) is -1.10. The highest BCUT2D eigenvalue weighted by molar-refractivity contribution is 6.35. The van der Waals surface area contributed by atoms with E-state index < -0.39 is 17.8 Å². The van der Waals surface area contributed by atoms with Gasteiger partial charge in [0.2, 0.25) is 11.8 Å². The van der Waals surface area contributed by atoms with Crippen LogP contribution < -0.4 is 15.4 Å². The zero-order valence-electron chi connectivity index (χ0n) is 27.9. The van der Waals surface area contributed by atoms with Crippen molar-refractivity contribution in [2.45, 2.75) is 38.3 Å². The normalized spacial score (nSPS) is 15.0. The van der Waals surface area contributed by atoms with Crippen LogP contribution in [0.4, 0.5) is 4.39 Å². The van der Waals surface area contributed by atoms with Crippen molar-refractivity contribution in [3.8, 4) is 16.9 Å². The second kappa shape index (κ2) is 17.6.